The summed E-state index contributed by atoms with van der Waals surface area (Å²) in [4.78, 5) is 16.9. The Bertz CT molecular complexity index is 1240. The van der Waals surface area contributed by atoms with Crippen molar-refractivity contribution in [2.75, 3.05) is 25.3 Å². The van der Waals surface area contributed by atoms with Crippen molar-refractivity contribution < 1.29 is 18.7 Å². The number of thiazole rings is 1. The lowest BCUT2D eigenvalue weighted by molar-refractivity contribution is -0.113. The van der Waals surface area contributed by atoms with Crippen molar-refractivity contribution in [2.24, 2.45) is 0 Å². The predicted octanol–water partition coefficient (Wildman–Crippen LogP) is 4.28. The van der Waals surface area contributed by atoms with E-state index in [-0.39, 0.29) is 11.7 Å². The molecule has 8 nitrogen and oxygen atoms in total. The smallest absolute Gasteiger partial charge is 0.236 e. The van der Waals surface area contributed by atoms with Crippen LogP contribution < -0.4 is 14.8 Å². The van der Waals surface area contributed by atoms with Gasteiger partial charge in [0.05, 0.1) is 31.4 Å². The first-order chi connectivity index (χ1) is 15.6. The first-order valence-electron chi connectivity index (χ1n) is 9.34. The number of amides is 1. The molecule has 0 bridgehead atoms. The average Bonchev–Trinajstić information content (AvgIpc) is 3.47. The summed E-state index contributed by atoms with van der Waals surface area (Å²) in [6, 6.07) is 11.7. The second kappa shape index (κ2) is 9.79. The predicted molar refractivity (Wildman–Crippen MR) is 121 cm³/mol. The molecule has 0 unspecified atom stereocenters. The summed E-state index contributed by atoms with van der Waals surface area (Å²) in [5.74, 6) is 0.696. The number of nitrogens with zero attached hydrogens (tertiary/aromatic N) is 4. The van der Waals surface area contributed by atoms with Crippen LogP contribution in [0.4, 0.5) is 9.52 Å². The van der Waals surface area contributed by atoms with E-state index in [0.29, 0.717) is 33.2 Å². The number of nitrogens with one attached hydrogen (secondary N) is 1. The van der Waals surface area contributed by atoms with Gasteiger partial charge in [-0.2, -0.15) is 0 Å². The van der Waals surface area contributed by atoms with Crippen LogP contribution in [0.5, 0.6) is 11.5 Å². The van der Waals surface area contributed by atoms with Crippen LogP contribution in [0, 0.1) is 5.82 Å². The maximum Gasteiger partial charge on any atom is 0.236 e. The Hall–Kier alpha value is -3.44. The molecule has 0 aliphatic carbocycles. The standard InChI is InChI=1S/C21H18FN5O3S2/c1-29-13-7-8-14(18(9-13)30-2)16-10-31-20(24-16)25-19(28)11-32-21-26-23-12-27(21)17-6-4-3-5-15(17)22/h3-10,12H,11H2,1-2H3,(H,24,25,28). The maximum absolute atomic E-state index is 14.1. The van der Waals surface area contributed by atoms with Crippen molar-refractivity contribution in [2.45, 2.75) is 5.16 Å². The van der Waals surface area contributed by atoms with E-state index in [1.54, 1.807) is 38.5 Å². The molecule has 0 aliphatic rings. The minimum atomic E-state index is -0.400. The number of thioether (sulfide) groups is 1. The molecule has 4 aromatic rings. The van der Waals surface area contributed by atoms with E-state index < -0.39 is 5.82 Å². The van der Waals surface area contributed by atoms with E-state index >= 15 is 0 Å². The molecule has 0 radical (unpaired) electrons. The van der Waals surface area contributed by atoms with Crippen molar-refractivity contribution in [3.63, 3.8) is 0 Å². The van der Waals surface area contributed by atoms with Crippen molar-refractivity contribution in [1.29, 1.82) is 0 Å². The quantitative estimate of drug-likeness (QED) is 0.384. The number of benzene rings is 2. The molecule has 0 saturated carbocycles. The number of ether oxygens (including phenoxy) is 2. The van der Waals surface area contributed by atoms with Gasteiger partial charge in [-0.1, -0.05) is 23.9 Å². The second-order valence-electron chi connectivity index (χ2n) is 6.38. The summed E-state index contributed by atoms with van der Waals surface area (Å²) in [5, 5.41) is 13.3. The van der Waals surface area contributed by atoms with Crippen molar-refractivity contribution in [3.8, 4) is 28.4 Å². The third-order valence-electron chi connectivity index (χ3n) is 4.40. The van der Waals surface area contributed by atoms with Crippen molar-refractivity contribution in [1.82, 2.24) is 19.7 Å². The fourth-order valence-corrected chi connectivity index (χ4v) is 4.33. The topological polar surface area (TPSA) is 91.2 Å². The van der Waals surface area contributed by atoms with Gasteiger partial charge < -0.3 is 14.8 Å². The maximum atomic E-state index is 14.1. The normalized spacial score (nSPS) is 10.7. The number of halogens is 1. The highest BCUT2D eigenvalue weighted by atomic mass is 32.2. The van der Waals surface area contributed by atoms with Crippen molar-refractivity contribution >= 4 is 34.1 Å². The highest BCUT2D eigenvalue weighted by molar-refractivity contribution is 7.99. The number of carbonyl (C=O) groups excluding carboxylic acids is 1. The van der Waals surface area contributed by atoms with Gasteiger partial charge in [-0.3, -0.25) is 9.36 Å². The molecule has 0 aliphatic heterocycles. The van der Waals surface area contributed by atoms with Gasteiger partial charge in [-0.05, 0) is 24.3 Å². The van der Waals surface area contributed by atoms with Crippen LogP contribution >= 0.6 is 23.1 Å². The zero-order chi connectivity index (χ0) is 22.5. The van der Waals surface area contributed by atoms with Crippen LogP contribution in [-0.2, 0) is 4.79 Å². The molecule has 1 amide bonds. The van der Waals surface area contributed by atoms with E-state index in [2.05, 4.69) is 20.5 Å². The Morgan fingerprint density at radius 2 is 2.06 bits per heavy atom. The lowest BCUT2D eigenvalue weighted by Crippen LogP contribution is -2.14. The fourth-order valence-electron chi connectivity index (χ4n) is 2.89. The third kappa shape index (κ3) is 4.73. The molecule has 11 heteroatoms. The zero-order valence-corrected chi connectivity index (χ0v) is 18.7. The molecule has 0 atom stereocenters. The molecule has 1 N–H and O–H groups in total. The highest BCUT2D eigenvalue weighted by Crippen LogP contribution is 2.35. The Balaban J connectivity index is 1.41. The Kier molecular flexibility index (Phi) is 6.66. The van der Waals surface area contributed by atoms with Crippen LogP contribution in [0.15, 0.2) is 59.3 Å². The molecule has 2 heterocycles. The van der Waals surface area contributed by atoms with E-state index in [1.807, 2.05) is 17.5 Å². The third-order valence-corrected chi connectivity index (χ3v) is 6.10. The molecule has 2 aromatic heterocycles. The molecular formula is C21H18FN5O3S2. The zero-order valence-electron chi connectivity index (χ0n) is 17.1. The van der Waals surface area contributed by atoms with Crippen LogP contribution in [0.3, 0.4) is 0 Å². The van der Waals surface area contributed by atoms with E-state index in [0.717, 1.165) is 17.3 Å². The largest absolute Gasteiger partial charge is 0.497 e. The highest BCUT2D eigenvalue weighted by Gasteiger charge is 2.15. The van der Waals surface area contributed by atoms with Crippen LogP contribution in [0.1, 0.15) is 0 Å². The molecule has 0 fully saturated rings. The number of anilines is 1. The number of rotatable bonds is 8. The van der Waals surface area contributed by atoms with Crippen LogP contribution in [0.2, 0.25) is 0 Å². The minimum absolute atomic E-state index is 0.0634. The van der Waals surface area contributed by atoms with E-state index in [4.69, 9.17) is 9.47 Å². The number of methoxy groups -OCH3 is 2. The van der Waals surface area contributed by atoms with Gasteiger partial charge in [-0.15, -0.1) is 21.5 Å². The Morgan fingerprint density at radius 1 is 1.22 bits per heavy atom. The lowest BCUT2D eigenvalue weighted by atomic mass is 10.1. The fraction of sp³-hybridized carbons (Fsp3) is 0.143. The van der Waals surface area contributed by atoms with Gasteiger partial charge in [0.15, 0.2) is 10.3 Å². The molecule has 0 spiro atoms. The van der Waals surface area contributed by atoms with Gasteiger partial charge in [0.2, 0.25) is 5.91 Å². The first kappa shape index (κ1) is 21.8. The van der Waals surface area contributed by atoms with Gasteiger partial charge in [0.1, 0.15) is 23.6 Å². The Labute approximate surface area is 191 Å². The number of carbonyl (C=O) groups is 1. The summed E-state index contributed by atoms with van der Waals surface area (Å²) in [6.45, 7) is 0. The molecule has 164 valence electrons. The SMILES string of the molecule is COc1ccc(-c2csc(NC(=O)CSc3nncn3-c3ccccc3F)n2)c(OC)c1. The van der Waals surface area contributed by atoms with Crippen LogP contribution in [0.25, 0.3) is 16.9 Å². The average molecular weight is 472 g/mol. The van der Waals surface area contributed by atoms with Crippen LogP contribution in [-0.4, -0.2) is 45.6 Å². The molecule has 32 heavy (non-hydrogen) atoms. The summed E-state index contributed by atoms with van der Waals surface area (Å²) in [6.07, 6.45) is 1.41. The van der Waals surface area contributed by atoms with Gasteiger partial charge >= 0.3 is 0 Å². The van der Waals surface area contributed by atoms with Gasteiger partial charge in [-0.25, -0.2) is 9.37 Å². The summed E-state index contributed by atoms with van der Waals surface area (Å²) in [5.41, 5.74) is 1.78. The lowest BCUT2D eigenvalue weighted by Gasteiger charge is -2.08. The Morgan fingerprint density at radius 3 is 2.84 bits per heavy atom. The summed E-state index contributed by atoms with van der Waals surface area (Å²) in [7, 11) is 3.16. The van der Waals surface area contributed by atoms with Gasteiger partial charge in [0.25, 0.3) is 0 Å². The molecular weight excluding hydrogens is 453 g/mol. The monoisotopic (exact) mass is 471 g/mol. The van der Waals surface area contributed by atoms with Gasteiger partial charge in [0, 0.05) is 17.0 Å². The molecule has 2 aromatic carbocycles. The minimum Gasteiger partial charge on any atom is -0.497 e. The number of aromatic nitrogens is 4. The van der Waals surface area contributed by atoms with E-state index in [1.165, 1.54) is 28.3 Å². The summed E-state index contributed by atoms with van der Waals surface area (Å²) < 4.78 is 26.2. The first-order valence-corrected chi connectivity index (χ1v) is 11.2. The summed E-state index contributed by atoms with van der Waals surface area (Å²) >= 11 is 2.46. The van der Waals surface area contributed by atoms with Crippen molar-refractivity contribution in [3.05, 3.63) is 60.0 Å². The second-order valence-corrected chi connectivity index (χ2v) is 8.18. The van der Waals surface area contributed by atoms with E-state index in [9.17, 15) is 9.18 Å². The molecule has 0 saturated heterocycles. The molecule has 4 rings (SSSR count). The number of hydrogen-bond donors (Lipinski definition) is 1. The number of hydrogen-bond acceptors (Lipinski definition) is 8. The number of para-hydroxylation sites is 1.